The smallest absolute Gasteiger partial charge is 0.330 e. The number of nitrogens with two attached hydrogens (primary N) is 2. The van der Waals surface area contributed by atoms with E-state index in [1.165, 1.54) is 0 Å². The summed E-state index contributed by atoms with van der Waals surface area (Å²) in [5.74, 6) is -1.53. The molecule has 0 aromatic rings. The van der Waals surface area contributed by atoms with Gasteiger partial charge >= 0.3 is 11.9 Å². The van der Waals surface area contributed by atoms with Gasteiger partial charge in [0.2, 0.25) is 0 Å². The summed E-state index contributed by atoms with van der Waals surface area (Å²) in [5.41, 5.74) is 10.5. The second-order valence-corrected chi connectivity index (χ2v) is 3.00. The molecule has 0 saturated carbocycles. The standard InChI is InChI=1S/C8H16N4O3.Cr/c1-5(13)15-7(14)6(9)3-2-4-12-8(10)11;/h6H,2-4,9H2,1H3,(H4,10,11,12);/t6-;/m0./s1. The first-order chi connectivity index (χ1) is 6.93. The molecule has 0 saturated heterocycles. The fourth-order valence-electron chi connectivity index (χ4n) is 0.880. The van der Waals surface area contributed by atoms with Crippen molar-refractivity contribution in [3.63, 3.8) is 0 Å². The molecule has 8 heteroatoms. The number of carbonyl (C=O) groups excluding carboxylic acids is 2. The Labute approximate surface area is 105 Å². The number of rotatable bonds is 5. The second kappa shape index (κ2) is 9.15. The van der Waals surface area contributed by atoms with Crippen molar-refractivity contribution in [1.29, 1.82) is 5.41 Å². The molecular weight excluding hydrogens is 252 g/mol. The summed E-state index contributed by atoms with van der Waals surface area (Å²) < 4.78 is 4.30. The predicted molar refractivity (Wildman–Crippen MR) is 53.9 cm³/mol. The molecule has 0 aliphatic heterocycles. The number of hydrogen-bond acceptors (Lipinski definition) is 5. The van der Waals surface area contributed by atoms with Gasteiger partial charge in [0.15, 0.2) is 5.96 Å². The van der Waals surface area contributed by atoms with Crippen molar-refractivity contribution in [3.8, 4) is 0 Å². The molecule has 16 heavy (non-hydrogen) atoms. The zero-order chi connectivity index (χ0) is 11.8. The molecule has 1 atom stereocenters. The summed E-state index contributed by atoms with van der Waals surface area (Å²) in [6.45, 7) is 1.60. The Hall–Kier alpha value is -1.10. The fourth-order valence-corrected chi connectivity index (χ4v) is 0.880. The first-order valence-electron chi connectivity index (χ1n) is 4.49. The van der Waals surface area contributed by atoms with E-state index >= 15 is 0 Å². The summed E-state index contributed by atoms with van der Waals surface area (Å²) in [6, 6.07) is -0.817. The van der Waals surface area contributed by atoms with Crippen molar-refractivity contribution in [1.82, 2.24) is 5.32 Å². The quantitative estimate of drug-likeness (QED) is 0.160. The van der Waals surface area contributed by atoms with Crippen LogP contribution in [0.2, 0.25) is 0 Å². The van der Waals surface area contributed by atoms with Gasteiger partial charge in [-0.1, -0.05) is 0 Å². The zero-order valence-corrected chi connectivity index (χ0v) is 10.3. The maximum atomic E-state index is 11.0. The second-order valence-electron chi connectivity index (χ2n) is 3.00. The summed E-state index contributed by atoms with van der Waals surface area (Å²) in [5, 5.41) is 9.42. The molecule has 0 rings (SSSR count). The van der Waals surface area contributed by atoms with Crippen LogP contribution < -0.4 is 16.8 Å². The van der Waals surface area contributed by atoms with Gasteiger partial charge in [0, 0.05) is 30.8 Å². The number of guanidine groups is 1. The molecule has 0 aliphatic rings. The Bertz CT molecular complexity index is 260. The van der Waals surface area contributed by atoms with E-state index in [4.69, 9.17) is 16.9 Å². The van der Waals surface area contributed by atoms with Crippen molar-refractivity contribution in [2.75, 3.05) is 6.54 Å². The van der Waals surface area contributed by atoms with Crippen LogP contribution in [0.5, 0.6) is 0 Å². The molecule has 0 aliphatic carbocycles. The first kappa shape index (κ1) is 17.3. The molecule has 0 aromatic heterocycles. The monoisotopic (exact) mass is 268 g/mol. The Morgan fingerprint density at radius 1 is 1.50 bits per heavy atom. The number of esters is 2. The third-order valence-corrected chi connectivity index (χ3v) is 1.55. The minimum absolute atomic E-state index is 0. The molecule has 0 heterocycles. The molecule has 0 unspecified atom stereocenters. The minimum Gasteiger partial charge on any atom is -0.392 e. The SMILES string of the molecule is CC(=O)OC(=O)[C@@H](N)CCCNC(=N)N.[Cr]. The Morgan fingerprint density at radius 3 is 2.50 bits per heavy atom. The molecule has 92 valence electrons. The minimum atomic E-state index is -0.817. The summed E-state index contributed by atoms with van der Waals surface area (Å²) >= 11 is 0. The van der Waals surface area contributed by atoms with Crippen LogP contribution in [-0.4, -0.2) is 30.5 Å². The summed E-state index contributed by atoms with van der Waals surface area (Å²) in [6.07, 6.45) is 0.931. The first-order valence-corrected chi connectivity index (χ1v) is 4.49. The third kappa shape index (κ3) is 9.46. The van der Waals surface area contributed by atoms with Gasteiger partial charge in [-0.15, -0.1) is 0 Å². The van der Waals surface area contributed by atoms with Gasteiger partial charge in [-0.2, -0.15) is 0 Å². The van der Waals surface area contributed by atoms with Crippen LogP contribution in [-0.2, 0) is 31.7 Å². The molecule has 6 N–H and O–H groups in total. The van der Waals surface area contributed by atoms with Crippen LogP contribution in [0.1, 0.15) is 19.8 Å². The van der Waals surface area contributed by atoms with Gasteiger partial charge in [0.05, 0.1) is 0 Å². The number of nitrogens with one attached hydrogen (secondary N) is 2. The Balaban J connectivity index is 0. The fraction of sp³-hybridized carbons (Fsp3) is 0.625. The van der Waals surface area contributed by atoms with Gasteiger partial charge in [0.1, 0.15) is 6.04 Å². The zero-order valence-electron chi connectivity index (χ0n) is 8.99. The molecule has 0 amide bonds. The van der Waals surface area contributed by atoms with Gasteiger partial charge in [-0.25, -0.2) is 4.79 Å². The van der Waals surface area contributed by atoms with E-state index in [0.717, 1.165) is 6.92 Å². The Kier molecular flexibility index (Phi) is 9.90. The average Bonchev–Trinajstić information content (AvgIpc) is 2.10. The normalized spacial score (nSPS) is 10.9. The van der Waals surface area contributed by atoms with Crippen LogP contribution >= 0.6 is 0 Å². The molecular formula is C8H16CrN4O3. The van der Waals surface area contributed by atoms with Crippen LogP contribution in [0, 0.1) is 5.41 Å². The maximum Gasteiger partial charge on any atom is 0.330 e. The number of hydrogen-bond donors (Lipinski definition) is 4. The van der Waals surface area contributed by atoms with Crippen LogP contribution in [0.4, 0.5) is 0 Å². The predicted octanol–water partition coefficient (Wildman–Crippen LogP) is -1.34. The summed E-state index contributed by atoms with van der Waals surface area (Å²) in [4.78, 5) is 21.4. The average molecular weight is 268 g/mol. The molecule has 0 aromatic carbocycles. The van der Waals surface area contributed by atoms with Crippen molar-refractivity contribution < 1.29 is 31.7 Å². The molecule has 0 bridgehead atoms. The van der Waals surface area contributed by atoms with Crippen molar-refractivity contribution in [2.24, 2.45) is 11.5 Å². The summed E-state index contributed by atoms with van der Waals surface area (Å²) in [7, 11) is 0. The van der Waals surface area contributed by atoms with Crippen molar-refractivity contribution in [3.05, 3.63) is 0 Å². The number of carbonyl (C=O) groups is 2. The van der Waals surface area contributed by atoms with E-state index in [2.05, 4.69) is 10.1 Å². The molecule has 7 nitrogen and oxygen atoms in total. The third-order valence-electron chi connectivity index (χ3n) is 1.55. The maximum absolute atomic E-state index is 11.0. The van der Waals surface area contributed by atoms with Gasteiger partial charge in [0.25, 0.3) is 0 Å². The van der Waals surface area contributed by atoms with Crippen molar-refractivity contribution >= 4 is 17.9 Å². The Morgan fingerprint density at radius 2 is 2.06 bits per heavy atom. The molecule has 0 spiro atoms. The largest absolute Gasteiger partial charge is 0.392 e. The van der Waals surface area contributed by atoms with Gasteiger partial charge in [-0.3, -0.25) is 10.2 Å². The van der Waals surface area contributed by atoms with Crippen LogP contribution in [0.15, 0.2) is 0 Å². The van der Waals surface area contributed by atoms with Gasteiger partial charge in [-0.05, 0) is 12.8 Å². The van der Waals surface area contributed by atoms with Crippen molar-refractivity contribution in [2.45, 2.75) is 25.8 Å². The molecule has 0 fully saturated rings. The van der Waals surface area contributed by atoms with E-state index in [-0.39, 0.29) is 23.3 Å². The number of ether oxygens (including phenoxy) is 1. The van der Waals surface area contributed by atoms with E-state index < -0.39 is 18.0 Å². The topological polar surface area (TPSA) is 131 Å². The van der Waals surface area contributed by atoms with Crippen LogP contribution in [0.25, 0.3) is 0 Å². The van der Waals surface area contributed by atoms with E-state index in [0.29, 0.717) is 19.4 Å². The van der Waals surface area contributed by atoms with E-state index in [1.54, 1.807) is 0 Å². The van der Waals surface area contributed by atoms with Gasteiger partial charge < -0.3 is 21.5 Å². The van der Waals surface area contributed by atoms with Crippen LogP contribution in [0.3, 0.4) is 0 Å². The van der Waals surface area contributed by atoms with E-state index in [9.17, 15) is 9.59 Å². The molecule has 0 radical (unpaired) electrons. The van der Waals surface area contributed by atoms with E-state index in [1.807, 2.05) is 0 Å².